The van der Waals surface area contributed by atoms with Crippen molar-refractivity contribution in [3.8, 4) is 62.5 Å². The highest BCUT2D eigenvalue weighted by molar-refractivity contribution is 5.71. The Balaban J connectivity index is 1.31. The van der Waals surface area contributed by atoms with Crippen molar-refractivity contribution in [3.05, 3.63) is 151 Å². The molecule has 0 heterocycles. The quantitative estimate of drug-likeness (QED) is 0.179. The normalized spacial score (nSPS) is 10.6. The summed E-state index contributed by atoms with van der Waals surface area (Å²) in [6.45, 7) is 2.09. The van der Waals surface area contributed by atoms with Crippen LogP contribution in [-0.4, -0.2) is 7.11 Å². The molecule has 0 aromatic heterocycles. The molecule has 0 saturated carbocycles. The summed E-state index contributed by atoms with van der Waals surface area (Å²) < 4.78 is 24.4. The van der Waals surface area contributed by atoms with E-state index >= 15 is 0 Å². The van der Waals surface area contributed by atoms with E-state index in [1.807, 2.05) is 109 Å². The Morgan fingerprint density at radius 3 is 1.29 bits per heavy atom. The third kappa shape index (κ3) is 6.29. The van der Waals surface area contributed by atoms with Gasteiger partial charge in [0, 0.05) is 0 Å². The van der Waals surface area contributed by atoms with Crippen molar-refractivity contribution >= 4 is 0 Å². The van der Waals surface area contributed by atoms with Crippen LogP contribution in [0.25, 0.3) is 22.3 Å². The van der Waals surface area contributed by atoms with Gasteiger partial charge in [0.2, 0.25) is 0 Å². The number of methoxy groups -OCH3 is 1. The molecule has 0 N–H and O–H groups in total. The van der Waals surface area contributed by atoms with Crippen LogP contribution in [0.4, 0.5) is 0 Å². The summed E-state index contributed by atoms with van der Waals surface area (Å²) in [5.74, 6) is 4.66. The van der Waals surface area contributed by atoms with Gasteiger partial charge < -0.3 is 18.9 Å². The number of hydrogen-bond donors (Lipinski definition) is 0. The van der Waals surface area contributed by atoms with Gasteiger partial charge in [0.15, 0.2) is 23.0 Å². The lowest BCUT2D eigenvalue weighted by molar-refractivity contribution is 0.379. The second kappa shape index (κ2) is 12.4. The number of aryl methyl sites for hydroxylation is 1. The van der Waals surface area contributed by atoms with Crippen molar-refractivity contribution in [1.29, 1.82) is 0 Å². The number of benzene rings is 6. The van der Waals surface area contributed by atoms with Gasteiger partial charge in [-0.05, 0) is 89.8 Å². The van der Waals surface area contributed by atoms with Crippen molar-refractivity contribution in [1.82, 2.24) is 0 Å². The minimum Gasteiger partial charge on any atom is -0.493 e. The first-order valence-corrected chi connectivity index (χ1v) is 13.8. The van der Waals surface area contributed by atoms with Crippen molar-refractivity contribution < 1.29 is 18.9 Å². The summed E-state index contributed by atoms with van der Waals surface area (Å²) >= 11 is 0. The summed E-state index contributed by atoms with van der Waals surface area (Å²) in [6.07, 6.45) is 0. The van der Waals surface area contributed by atoms with E-state index in [0.29, 0.717) is 23.0 Å². The number of hydrogen-bond acceptors (Lipinski definition) is 4. The van der Waals surface area contributed by atoms with E-state index in [1.54, 1.807) is 7.11 Å². The van der Waals surface area contributed by atoms with Crippen molar-refractivity contribution in [3.63, 3.8) is 0 Å². The summed E-state index contributed by atoms with van der Waals surface area (Å²) in [4.78, 5) is 0. The third-order valence-electron chi connectivity index (χ3n) is 6.85. The van der Waals surface area contributed by atoms with Crippen LogP contribution in [0.5, 0.6) is 40.2 Å². The topological polar surface area (TPSA) is 36.9 Å². The zero-order valence-electron chi connectivity index (χ0n) is 23.5. The lowest BCUT2D eigenvalue weighted by Gasteiger charge is -2.16. The van der Waals surface area contributed by atoms with Gasteiger partial charge in [0.05, 0.1) is 7.11 Å². The van der Waals surface area contributed by atoms with Crippen LogP contribution in [0.1, 0.15) is 5.56 Å². The first-order valence-electron chi connectivity index (χ1n) is 13.8. The fourth-order valence-electron chi connectivity index (χ4n) is 4.61. The minimum atomic E-state index is 0.600. The van der Waals surface area contributed by atoms with Gasteiger partial charge in [0.1, 0.15) is 17.2 Å². The van der Waals surface area contributed by atoms with Crippen LogP contribution in [0.15, 0.2) is 146 Å². The van der Waals surface area contributed by atoms with E-state index in [0.717, 1.165) is 33.9 Å². The molecule has 0 spiro atoms. The molecule has 0 unspecified atom stereocenters. The Labute approximate surface area is 246 Å². The molecule has 0 aliphatic carbocycles. The zero-order chi connectivity index (χ0) is 28.7. The molecule has 4 nitrogen and oxygen atoms in total. The number of para-hydroxylation sites is 2. The fraction of sp³-hybridized carbons (Fsp3) is 0.0526. The van der Waals surface area contributed by atoms with Crippen LogP contribution >= 0.6 is 0 Å². The average Bonchev–Trinajstić information content (AvgIpc) is 3.04. The highest BCUT2D eigenvalue weighted by atomic mass is 16.5. The molecule has 0 aliphatic heterocycles. The highest BCUT2D eigenvalue weighted by Gasteiger charge is 2.14. The van der Waals surface area contributed by atoms with E-state index in [4.69, 9.17) is 18.9 Å². The average molecular weight is 551 g/mol. The predicted octanol–water partition coefficient (Wildman–Crippen LogP) is 10.7. The lowest BCUT2D eigenvalue weighted by atomic mass is 10.0. The van der Waals surface area contributed by atoms with Gasteiger partial charge >= 0.3 is 0 Å². The molecule has 0 saturated heterocycles. The van der Waals surface area contributed by atoms with E-state index < -0.39 is 0 Å². The maximum Gasteiger partial charge on any atom is 0.170 e. The molecule has 6 aromatic rings. The predicted molar refractivity (Wildman–Crippen MR) is 168 cm³/mol. The summed E-state index contributed by atoms with van der Waals surface area (Å²) in [7, 11) is 1.64. The van der Waals surface area contributed by atoms with E-state index in [1.165, 1.54) is 11.1 Å². The molecule has 0 fully saturated rings. The zero-order valence-corrected chi connectivity index (χ0v) is 23.5. The van der Waals surface area contributed by atoms with Gasteiger partial charge in [-0.2, -0.15) is 0 Å². The van der Waals surface area contributed by atoms with E-state index in [9.17, 15) is 0 Å². The molecular weight excluding hydrogens is 520 g/mol. The first kappa shape index (κ1) is 26.7. The molecule has 0 atom stereocenters. The first-order chi connectivity index (χ1) is 20.6. The molecule has 4 heteroatoms. The largest absolute Gasteiger partial charge is 0.493 e. The van der Waals surface area contributed by atoms with Gasteiger partial charge in [0.25, 0.3) is 0 Å². The number of ether oxygens (including phenoxy) is 4. The second-order valence-corrected chi connectivity index (χ2v) is 9.85. The van der Waals surface area contributed by atoms with Gasteiger partial charge in [-0.15, -0.1) is 0 Å². The molecule has 0 bridgehead atoms. The highest BCUT2D eigenvalue weighted by Crippen LogP contribution is 2.41. The van der Waals surface area contributed by atoms with Crippen LogP contribution in [0, 0.1) is 6.92 Å². The van der Waals surface area contributed by atoms with Crippen molar-refractivity contribution in [2.24, 2.45) is 0 Å². The van der Waals surface area contributed by atoms with Crippen LogP contribution in [-0.2, 0) is 0 Å². The van der Waals surface area contributed by atoms with Crippen LogP contribution in [0.2, 0.25) is 0 Å². The molecule has 0 aliphatic rings. The molecule has 6 aromatic carbocycles. The third-order valence-corrected chi connectivity index (χ3v) is 6.85. The second-order valence-electron chi connectivity index (χ2n) is 9.85. The van der Waals surface area contributed by atoms with E-state index in [-0.39, 0.29) is 0 Å². The van der Waals surface area contributed by atoms with Gasteiger partial charge in [-0.1, -0.05) is 90.5 Å². The molecule has 6 rings (SSSR count). The standard InChI is InChI=1S/C38H30O4/c1-27-13-15-28(16-14-27)29-17-21-34(22-18-29)40-36-24-20-31(26-38(36)42-33-11-7-4-8-12-33)30-19-23-35(39-2)37(25-30)41-32-9-5-3-6-10-32/h3-26H,1-2H3. The fourth-order valence-corrected chi connectivity index (χ4v) is 4.61. The Bertz CT molecular complexity index is 1760. The smallest absolute Gasteiger partial charge is 0.170 e. The Kier molecular flexibility index (Phi) is 7.87. The van der Waals surface area contributed by atoms with Crippen molar-refractivity contribution in [2.45, 2.75) is 6.92 Å². The maximum absolute atomic E-state index is 6.35. The van der Waals surface area contributed by atoms with Gasteiger partial charge in [-0.25, -0.2) is 0 Å². The number of rotatable bonds is 9. The molecule has 0 amide bonds. The summed E-state index contributed by atoms with van der Waals surface area (Å²) in [6, 6.07) is 47.8. The molecule has 206 valence electrons. The van der Waals surface area contributed by atoms with Crippen LogP contribution in [0.3, 0.4) is 0 Å². The summed E-state index contributed by atoms with van der Waals surface area (Å²) in [5, 5.41) is 0. The Hall–Kier alpha value is -5.48. The molecule has 0 radical (unpaired) electrons. The SMILES string of the molecule is COc1ccc(-c2ccc(Oc3ccc(-c4ccc(C)cc4)cc3)c(Oc3ccccc3)c2)cc1Oc1ccccc1. The Morgan fingerprint density at radius 1 is 0.357 bits per heavy atom. The minimum absolute atomic E-state index is 0.600. The summed E-state index contributed by atoms with van der Waals surface area (Å²) in [5.41, 5.74) is 5.44. The molecule has 42 heavy (non-hydrogen) atoms. The van der Waals surface area contributed by atoms with Crippen molar-refractivity contribution in [2.75, 3.05) is 7.11 Å². The van der Waals surface area contributed by atoms with Gasteiger partial charge in [-0.3, -0.25) is 0 Å². The lowest BCUT2D eigenvalue weighted by Crippen LogP contribution is -1.93. The maximum atomic E-state index is 6.35. The Morgan fingerprint density at radius 2 is 0.762 bits per heavy atom. The van der Waals surface area contributed by atoms with E-state index in [2.05, 4.69) is 43.3 Å². The monoisotopic (exact) mass is 550 g/mol. The van der Waals surface area contributed by atoms with Crippen LogP contribution < -0.4 is 18.9 Å². The molecular formula is C38H30O4.